The number of aromatic amines is 1. The van der Waals surface area contributed by atoms with E-state index in [9.17, 15) is 23.7 Å². The number of aliphatic hydroxyl groups is 1. The molecule has 3 N–H and O–H groups in total. The molecule has 0 bridgehead atoms. The minimum absolute atomic E-state index is 0.0165. The Kier molecular flexibility index (Phi) is 6.41. The average molecular weight is 463 g/mol. The third-order valence-electron chi connectivity index (χ3n) is 5.78. The molecule has 3 rings (SSSR count). The number of nitrogens with one attached hydrogen (secondary N) is 1. The van der Waals surface area contributed by atoms with Crippen molar-refractivity contribution in [3.63, 3.8) is 0 Å². The van der Waals surface area contributed by atoms with Gasteiger partial charge in [-0.2, -0.15) is 0 Å². The molecule has 0 amide bonds. The van der Waals surface area contributed by atoms with Gasteiger partial charge in [0.1, 0.15) is 23.7 Å². The van der Waals surface area contributed by atoms with Gasteiger partial charge in [-0.25, -0.2) is 9.37 Å². The van der Waals surface area contributed by atoms with Gasteiger partial charge in [-0.05, 0) is 18.1 Å². The van der Waals surface area contributed by atoms with Gasteiger partial charge in [0.15, 0.2) is 26.0 Å². The number of halogens is 1. The fourth-order valence-corrected chi connectivity index (χ4v) is 5.03. The third kappa shape index (κ3) is 4.18. The fourth-order valence-electron chi connectivity index (χ4n) is 3.22. The summed E-state index contributed by atoms with van der Waals surface area (Å²) in [6.45, 7) is 9.60. The first-order valence-electron chi connectivity index (χ1n) is 9.45. The Bertz CT molecular complexity index is 1010. The van der Waals surface area contributed by atoms with Crippen LogP contribution in [0.5, 0.6) is 0 Å². The topological polar surface area (TPSA) is 136 Å². The van der Waals surface area contributed by atoms with Crippen LogP contribution in [-0.2, 0) is 18.3 Å². The van der Waals surface area contributed by atoms with Crippen LogP contribution in [0.2, 0.25) is 18.1 Å². The van der Waals surface area contributed by atoms with Crippen molar-refractivity contribution >= 4 is 27.6 Å². The van der Waals surface area contributed by atoms with Crippen LogP contribution in [0.25, 0.3) is 11.0 Å². The second-order valence-electron chi connectivity index (χ2n) is 8.75. The molecule has 0 spiro atoms. The second-order valence-corrected chi connectivity index (χ2v) is 14.3. The SMILES string of the molecule is CC(C)(C)[Si](C)(C)O[C@H]1[C@@H](O[PH](=O)O)[C@H](n2cc(F)c3c(=O)[nH]cnc32)O[C@@H]1CO. The van der Waals surface area contributed by atoms with Gasteiger partial charge in [0.25, 0.3) is 5.56 Å². The molecule has 30 heavy (non-hydrogen) atoms. The van der Waals surface area contributed by atoms with Gasteiger partial charge in [0.2, 0.25) is 0 Å². The van der Waals surface area contributed by atoms with Crippen molar-refractivity contribution in [3.8, 4) is 0 Å². The summed E-state index contributed by atoms with van der Waals surface area (Å²) in [6, 6.07) is 0. The molecule has 168 valence electrons. The molecule has 1 saturated heterocycles. The van der Waals surface area contributed by atoms with Gasteiger partial charge in [0, 0.05) is 6.20 Å². The van der Waals surface area contributed by atoms with Crippen molar-refractivity contribution in [2.24, 2.45) is 0 Å². The van der Waals surface area contributed by atoms with Crippen molar-refractivity contribution in [1.29, 1.82) is 0 Å². The van der Waals surface area contributed by atoms with Crippen LogP contribution < -0.4 is 5.56 Å². The molecule has 1 fully saturated rings. The minimum Gasteiger partial charge on any atom is -0.408 e. The van der Waals surface area contributed by atoms with E-state index in [0.717, 1.165) is 12.5 Å². The molecular weight excluding hydrogens is 436 g/mol. The summed E-state index contributed by atoms with van der Waals surface area (Å²) >= 11 is 0. The number of hydrogen-bond donors (Lipinski definition) is 3. The number of aliphatic hydroxyl groups excluding tert-OH is 1. The maximum atomic E-state index is 14.5. The summed E-state index contributed by atoms with van der Waals surface area (Å²) in [4.78, 5) is 27.8. The average Bonchev–Trinajstić information content (AvgIpc) is 3.12. The number of H-pyrrole nitrogens is 1. The van der Waals surface area contributed by atoms with E-state index in [1.165, 1.54) is 4.57 Å². The zero-order chi connectivity index (χ0) is 22.4. The normalized spacial score (nSPS) is 26.4. The standard InChI is InChI=1S/C17H27FN3O7PSi/c1-17(2,3)30(4,5)28-12-10(7-22)26-16(13(12)27-29(24)25)21-6-9(18)11-14(21)19-8-20-15(11)23/h6,8,10,12-13,16,22,29H,7H2,1-5H3,(H,24,25)(H,19,20,23)/t10-,12-,13-,16-/m1/s1. The van der Waals surface area contributed by atoms with E-state index in [2.05, 4.69) is 9.97 Å². The smallest absolute Gasteiger partial charge is 0.317 e. The zero-order valence-electron chi connectivity index (χ0n) is 17.4. The molecular formula is C17H27FN3O7PSi. The summed E-state index contributed by atoms with van der Waals surface area (Å²) < 4.78 is 44.8. The highest BCUT2D eigenvalue weighted by Gasteiger charge is 2.52. The van der Waals surface area contributed by atoms with Crippen molar-refractivity contribution in [1.82, 2.24) is 14.5 Å². The summed E-state index contributed by atoms with van der Waals surface area (Å²) in [5, 5.41) is 9.42. The van der Waals surface area contributed by atoms with Crippen LogP contribution in [0.4, 0.5) is 4.39 Å². The molecule has 0 aromatic carbocycles. The van der Waals surface area contributed by atoms with Crippen LogP contribution in [0.15, 0.2) is 17.3 Å². The molecule has 3 heterocycles. The zero-order valence-corrected chi connectivity index (χ0v) is 19.4. The van der Waals surface area contributed by atoms with Gasteiger partial charge < -0.3 is 28.7 Å². The number of aromatic nitrogens is 3. The van der Waals surface area contributed by atoms with Crippen LogP contribution in [-0.4, -0.2) is 57.8 Å². The fraction of sp³-hybridized carbons (Fsp3) is 0.647. The molecule has 5 atom stereocenters. The molecule has 2 aromatic heterocycles. The highest BCUT2D eigenvalue weighted by molar-refractivity contribution is 7.32. The van der Waals surface area contributed by atoms with E-state index in [-0.39, 0.29) is 16.1 Å². The monoisotopic (exact) mass is 463 g/mol. The minimum atomic E-state index is -3.44. The Labute approximate surface area is 174 Å². The number of nitrogens with zero attached hydrogens (tertiary/aromatic N) is 2. The maximum absolute atomic E-state index is 14.5. The first-order valence-corrected chi connectivity index (χ1v) is 13.6. The highest BCUT2D eigenvalue weighted by atomic mass is 31.1. The van der Waals surface area contributed by atoms with Gasteiger partial charge in [0.05, 0.1) is 12.9 Å². The first kappa shape index (κ1) is 23.3. The highest BCUT2D eigenvalue weighted by Crippen LogP contribution is 2.44. The number of ether oxygens (including phenoxy) is 1. The Hall–Kier alpha value is -1.40. The molecule has 2 aromatic rings. The Balaban J connectivity index is 2.08. The van der Waals surface area contributed by atoms with E-state index in [1.54, 1.807) is 0 Å². The predicted molar refractivity (Wildman–Crippen MR) is 109 cm³/mol. The van der Waals surface area contributed by atoms with Gasteiger partial charge in [-0.3, -0.25) is 13.9 Å². The van der Waals surface area contributed by atoms with E-state index >= 15 is 0 Å². The number of fused-ring (bicyclic) bond motifs is 1. The largest absolute Gasteiger partial charge is 0.408 e. The van der Waals surface area contributed by atoms with Gasteiger partial charge >= 0.3 is 8.25 Å². The summed E-state index contributed by atoms with van der Waals surface area (Å²) in [5.41, 5.74) is -0.688. The van der Waals surface area contributed by atoms with Crippen LogP contribution in [0, 0.1) is 5.82 Å². The van der Waals surface area contributed by atoms with E-state index in [4.69, 9.17) is 13.7 Å². The summed E-state index contributed by atoms with van der Waals surface area (Å²) in [5.74, 6) is -0.826. The van der Waals surface area contributed by atoms with E-state index < -0.39 is 59.1 Å². The maximum Gasteiger partial charge on any atom is 0.317 e. The lowest BCUT2D eigenvalue weighted by Crippen LogP contribution is -2.50. The van der Waals surface area contributed by atoms with Crippen molar-refractivity contribution in [3.05, 3.63) is 28.7 Å². The van der Waals surface area contributed by atoms with E-state index in [0.29, 0.717) is 0 Å². The first-order chi connectivity index (χ1) is 13.9. The predicted octanol–water partition coefficient (Wildman–Crippen LogP) is 1.91. The van der Waals surface area contributed by atoms with Gasteiger partial charge in [-0.15, -0.1) is 0 Å². The molecule has 1 unspecified atom stereocenters. The molecule has 1 aliphatic rings. The second kappa shape index (κ2) is 8.27. The molecule has 0 radical (unpaired) electrons. The van der Waals surface area contributed by atoms with Crippen molar-refractivity contribution in [2.45, 2.75) is 63.4 Å². The molecule has 1 aliphatic heterocycles. The van der Waals surface area contributed by atoms with Crippen molar-refractivity contribution < 1.29 is 32.6 Å². The van der Waals surface area contributed by atoms with Crippen molar-refractivity contribution in [2.75, 3.05) is 6.61 Å². The lowest BCUT2D eigenvalue weighted by atomic mass is 10.1. The Morgan fingerprint density at radius 1 is 1.40 bits per heavy atom. The molecule has 0 saturated carbocycles. The van der Waals surface area contributed by atoms with E-state index in [1.807, 2.05) is 33.9 Å². The molecule has 13 heteroatoms. The molecule has 10 nitrogen and oxygen atoms in total. The lowest BCUT2D eigenvalue weighted by Gasteiger charge is -2.40. The van der Waals surface area contributed by atoms with Crippen LogP contribution in [0.1, 0.15) is 27.0 Å². The number of rotatable bonds is 6. The number of hydrogen-bond acceptors (Lipinski definition) is 7. The Morgan fingerprint density at radius 2 is 2.07 bits per heavy atom. The van der Waals surface area contributed by atoms with Crippen LogP contribution in [0.3, 0.4) is 0 Å². The quantitative estimate of drug-likeness (QED) is 0.437. The third-order valence-corrected chi connectivity index (χ3v) is 10.7. The Morgan fingerprint density at radius 3 is 2.63 bits per heavy atom. The summed E-state index contributed by atoms with van der Waals surface area (Å²) in [7, 11) is -5.84. The summed E-state index contributed by atoms with van der Waals surface area (Å²) in [6.07, 6.45) is -1.91. The van der Waals surface area contributed by atoms with Gasteiger partial charge in [-0.1, -0.05) is 20.8 Å². The lowest BCUT2D eigenvalue weighted by molar-refractivity contribution is -0.0480. The van der Waals surface area contributed by atoms with Crippen LogP contribution >= 0.6 is 8.25 Å². The molecule has 0 aliphatic carbocycles.